The van der Waals surface area contributed by atoms with Gasteiger partial charge < -0.3 is 5.32 Å². The van der Waals surface area contributed by atoms with Crippen LogP contribution in [0.5, 0.6) is 0 Å². The Morgan fingerprint density at radius 1 is 1.42 bits per heavy atom. The minimum Gasteiger partial charge on any atom is -0.357 e. The number of nitrogens with zero attached hydrogens (tertiary/aromatic N) is 3. The van der Waals surface area contributed by atoms with Gasteiger partial charge in [-0.3, -0.25) is 4.79 Å². The molecule has 1 aliphatic rings. The molecule has 2 atom stereocenters. The summed E-state index contributed by atoms with van der Waals surface area (Å²) in [5, 5.41) is 8.33. The molecule has 4 rings (SSSR count). The molecule has 7 heteroatoms. The second-order valence-corrected chi connectivity index (χ2v) is 7.04. The van der Waals surface area contributed by atoms with Crippen molar-refractivity contribution < 1.29 is 4.39 Å². The first-order chi connectivity index (χ1) is 11.6. The molecule has 2 heterocycles. The molecular formula is C17H17FN4OS. The highest BCUT2D eigenvalue weighted by Gasteiger charge is 2.39. The smallest absolute Gasteiger partial charge is 0.275 e. The van der Waals surface area contributed by atoms with Crippen molar-refractivity contribution in [3.8, 4) is 0 Å². The van der Waals surface area contributed by atoms with Crippen molar-refractivity contribution in [1.29, 1.82) is 0 Å². The van der Waals surface area contributed by atoms with Crippen LogP contribution >= 0.6 is 11.3 Å². The molecule has 24 heavy (non-hydrogen) atoms. The second-order valence-electron chi connectivity index (χ2n) is 6.09. The van der Waals surface area contributed by atoms with Gasteiger partial charge in [0, 0.05) is 23.7 Å². The van der Waals surface area contributed by atoms with Gasteiger partial charge in [-0.25, -0.2) is 9.37 Å². The van der Waals surface area contributed by atoms with Crippen LogP contribution in [0, 0.1) is 5.82 Å². The molecule has 1 fully saturated rings. The molecule has 0 aliphatic heterocycles. The summed E-state index contributed by atoms with van der Waals surface area (Å²) in [6.45, 7) is 2.06. The zero-order chi connectivity index (χ0) is 16.7. The molecule has 1 N–H and O–H groups in total. The summed E-state index contributed by atoms with van der Waals surface area (Å²) < 4.78 is 14.7. The molecule has 5 nitrogen and oxygen atoms in total. The van der Waals surface area contributed by atoms with Gasteiger partial charge >= 0.3 is 0 Å². The number of hydrogen-bond donors (Lipinski definition) is 1. The van der Waals surface area contributed by atoms with Crippen LogP contribution in [0.25, 0.3) is 4.96 Å². The van der Waals surface area contributed by atoms with Crippen molar-refractivity contribution >= 4 is 21.4 Å². The summed E-state index contributed by atoms with van der Waals surface area (Å²) in [5.41, 5.74) is 1.65. The molecule has 1 aliphatic carbocycles. The zero-order valence-corrected chi connectivity index (χ0v) is 14.0. The van der Waals surface area contributed by atoms with E-state index in [1.54, 1.807) is 18.2 Å². The first-order valence-electron chi connectivity index (χ1n) is 8.06. The standard InChI is InChI=1S/C17H17FN4OS/c1-2-4-12-8-15(23)22-17(19-12)24-16(21-22)20-14-9-13(14)10-5-3-6-11(18)7-10/h3,5-8,13-14H,2,4,9H2,1H3,(H,20,21)/t13-,14+/m0/s1. The van der Waals surface area contributed by atoms with Crippen molar-refractivity contribution in [2.75, 3.05) is 5.32 Å². The maximum Gasteiger partial charge on any atom is 0.275 e. The minimum absolute atomic E-state index is 0.148. The van der Waals surface area contributed by atoms with Crippen LogP contribution < -0.4 is 10.9 Å². The lowest BCUT2D eigenvalue weighted by atomic mass is 10.1. The van der Waals surface area contributed by atoms with Gasteiger partial charge in [-0.2, -0.15) is 4.52 Å². The van der Waals surface area contributed by atoms with Crippen molar-refractivity contribution in [2.45, 2.75) is 38.1 Å². The molecule has 0 saturated heterocycles. The SMILES string of the molecule is CCCc1cc(=O)n2nc(N[C@@H]3C[C@H]3c3cccc(F)c3)sc2n1. The highest BCUT2D eigenvalue weighted by molar-refractivity contribution is 7.20. The highest BCUT2D eigenvalue weighted by Crippen LogP contribution is 2.43. The van der Waals surface area contributed by atoms with Crippen LogP contribution in [-0.2, 0) is 6.42 Å². The van der Waals surface area contributed by atoms with E-state index in [9.17, 15) is 9.18 Å². The topological polar surface area (TPSA) is 59.3 Å². The largest absolute Gasteiger partial charge is 0.357 e. The summed E-state index contributed by atoms with van der Waals surface area (Å²) in [5.74, 6) is 0.0744. The summed E-state index contributed by atoms with van der Waals surface area (Å²) in [4.78, 5) is 17.2. The summed E-state index contributed by atoms with van der Waals surface area (Å²) >= 11 is 1.38. The second kappa shape index (κ2) is 5.98. The van der Waals surface area contributed by atoms with Crippen molar-refractivity contribution in [3.05, 3.63) is 57.8 Å². The van der Waals surface area contributed by atoms with Gasteiger partial charge in [-0.1, -0.05) is 36.8 Å². The molecule has 0 bridgehead atoms. The Bertz CT molecular complexity index is 951. The number of aromatic nitrogens is 3. The molecule has 1 saturated carbocycles. The van der Waals surface area contributed by atoms with Gasteiger partial charge in [0.05, 0.1) is 0 Å². The summed E-state index contributed by atoms with van der Waals surface area (Å²) in [6.07, 6.45) is 2.67. The fourth-order valence-electron chi connectivity index (χ4n) is 2.92. The van der Waals surface area contributed by atoms with Crippen molar-refractivity contribution in [1.82, 2.24) is 14.6 Å². The van der Waals surface area contributed by atoms with Crippen LogP contribution in [0.1, 0.15) is 36.9 Å². The number of aryl methyl sites for hydroxylation is 1. The van der Waals surface area contributed by atoms with E-state index in [1.807, 2.05) is 6.07 Å². The van der Waals surface area contributed by atoms with Gasteiger partial charge in [0.25, 0.3) is 5.56 Å². The van der Waals surface area contributed by atoms with E-state index in [4.69, 9.17) is 0 Å². The molecular weight excluding hydrogens is 327 g/mol. The predicted molar refractivity (Wildman–Crippen MR) is 92.3 cm³/mol. The van der Waals surface area contributed by atoms with E-state index in [1.165, 1.54) is 21.9 Å². The number of nitrogens with one attached hydrogen (secondary N) is 1. The van der Waals surface area contributed by atoms with Gasteiger partial charge in [0.1, 0.15) is 5.82 Å². The highest BCUT2D eigenvalue weighted by atomic mass is 32.1. The minimum atomic E-state index is -0.211. The quantitative estimate of drug-likeness (QED) is 0.772. The average molecular weight is 344 g/mol. The molecule has 1 aromatic carbocycles. The Balaban J connectivity index is 1.54. The van der Waals surface area contributed by atoms with E-state index in [0.717, 1.165) is 30.5 Å². The first-order valence-corrected chi connectivity index (χ1v) is 8.87. The van der Waals surface area contributed by atoms with Crippen molar-refractivity contribution in [2.24, 2.45) is 0 Å². The Morgan fingerprint density at radius 3 is 3.08 bits per heavy atom. The number of fused-ring (bicyclic) bond motifs is 1. The fraction of sp³-hybridized carbons (Fsp3) is 0.353. The number of anilines is 1. The van der Waals surface area contributed by atoms with Gasteiger partial charge in [-0.15, -0.1) is 5.10 Å². The molecule has 0 unspecified atom stereocenters. The average Bonchev–Trinajstić information content (AvgIpc) is 3.18. The molecule has 124 valence electrons. The maximum absolute atomic E-state index is 13.3. The van der Waals surface area contributed by atoms with Gasteiger partial charge in [-0.05, 0) is 30.5 Å². The lowest BCUT2D eigenvalue weighted by Crippen LogP contribution is -2.15. The molecule has 3 aromatic rings. The third kappa shape index (κ3) is 2.91. The van der Waals surface area contributed by atoms with E-state index in [0.29, 0.717) is 10.1 Å². The lowest BCUT2D eigenvalue weighted by molar-refractivity contribution is 0.625. The molecule has 0 radical (unpaired) electrons. The normalized spacial score (nSPS) is 19.6. The number of hydrogen-bond acceptors (Lipinski definition) is 5. The number of rotatable bonds is 5. The van der Waals surface area contributed by atoms with Crippen LogP contribution in [0.3, 0.4) is 0 Å². The van der Waals surface area contributed by atoms with Gasteiger partial charge in [0.15, 0.2) is 0 Å². The van der Waals surface area contributed by atoms with E-state index >= 15 is 0 Å². The van der Waals surface area contributed by atoms with E-state index in [2.05, 4.69) is 22.3 Å². The number of benzene rings is 1. The fourth-order valence-corrected chi connectivity index (χ4v) is 3.80. The van der Waals surface area contributed by atoms with Crippen molar-refractivity contribution in [3.63, 3.8) is 0 Å². The van der Waals surface area contributed by atoms with E-state index < -0.39 is 0 Å². The lowest BCUT2D eigenvalue weighted by Gasteiger charge is -2.01. The predicted octanol–water partition coefficient (Wildman–Crippen LogP) is 3.21. The monoisotopic (exact) mass is 344 g/mol. The number of halogens is 1. The van der Waals surface area contributed by atoms with Crippen LogP contribution in [0.15, 0.2) is 35.1 Å². The third-order valence-electron chi connectivity index (χ3n) is 4.18. The summed E-state index contributed by atoms with van der Waals surface area (Å²) in [6, 6.07) is 8.47. The van der Waals surface area contributed by atoms with Crippen LogP contribution in [0.2, 0.25) is 0 Å². The molecule has 0 spiro atoms. The maximum atomic E-state index is 13.3. The Morgan fingerprint density at radius 2 is 2.29 bits per heavy atom. The molecule has 0 amide bonds. The Labute approximate surface area is 142 Å². The first kappa shape index (κ1) is 15.3. The Hall–Kier alpha value is -2.28. The summed E-state index contributed by atoms with van der Waals surface area (Å²) in [7, 11) is 0. The Kier molecular flexibility index (Phi) is 3.80. The van der Waals surface area contributed by atoms with Gasteiger partial charge in [0.2, 0.25) is 10.1 Å². The zero-order valence-electron chi connectivity index (χ0n) is 13.2. The third-order valence-corrected chi connectivity index (χ3v) is 5.02. The van der Waals surface area contributed by atoms with Crippen LogP contribution in [-0.4, -0.2) is 20.6 Å². The molecule has 2 aromatic heterocycles. The van der Waals surface area contributed by atoms with Crippen LogP contribution in [0.4, 0.5) is 9.52 Å². The van der Waals surface area contributed by atoms with E-state index in [-0.39, 0.29) is 23.3 Å².